The molecule has 0 aliphatic carbocycles. The van der Waals surface area contributed by atoms with E-state index in [1.807, 2.05) is 32.0 Å². The summed E-state index contributed by atoms with van der Waals surface area (Å²) in [7, 11) is 0. The van der Waals surface area contributed by atoms with Crippen LogP contribution in [0.15, 0.2) is 42.5 Å². The molecule has 7 heteroatoms. The molecule has 0 spiro atoms. The van der Waals surface area contributed by atoms with Crippen LogP contribution < -0.4 is 15.0 Å². The molecule has 7 nitrogen and oxygen atoms in total. The number of esters is 1. The van der Waals surface area contributed by atoms with Gasteiger partial charge in [-0.05, 0) is 44.0 Å². The van der Waals surface area contributed by atoms with E-state index in [-0.39, 0.29) is 11.5 Å². The van der Waals surface area contributed by atoms with Gasteiger partial charge in [0.15, 0.2) is 6.61 Å². The van der Waals surface area contributed by atoms with Crippen LogP contribution in [0, 0.1) is 13.8 Å². The first-order valence-electron chi connectivity index (χ1n) is 9.99. The number of carbonyl (C=O) groups is 3. The SMILES string of the molecule is Cc1ccc(OCCNC(=O)COC(=O)c2ccccc2N2CCCC2=O)c(C)c1. The molecule has 1 N–H and O–H groups in total. The van der Waals surface area contributed by atoms with Crippen LogP contribution in [0.1, 0.15) is 34.3 Å². The van der Waals surface area contributed by atoms with E-state index in [9.17, 15) is 14.4 Å². The van der Waals surface area contributed by atoms with Gasteiger partial charge in [0.05, 0.1) is 17.8 Å². The molecule has 2 amide bonds. The first-order chi connectivity index (χ1) is 14.5. The maximum atomic E-state index is 12.4. The van der Waals surface area contributed by atoms with Crippen molar-refractivity contribution in [1.29, 1.82) is 0 Å². The lowest BCUT2D eigenvalue weighted by Gasteiger charge is -2.18. The highest BCUT2D eigenvalue weighted by Crippen LogP contribution is 2.26. The second kappa shape index (κ2) is 9.91. The van der Waals surface area contributed by atoms with E-state index in [4.69, 9.17) is 9.47 Å². The molecule has 0 saturated carbocycles. The fourth-order valence-electron chi connectivity index (χ4n) is 3.36. The van der Waals surface area contributed by atoms with Crippen LogP contribution in [0.5, 0.6) is 5.75 Å². The van der Waals surface area contributed by atoms with Crippen molar-refractivity contribution < 1.29 is 23.9 Å². The molecule has 2 aromatic rings. The van der Waals surface area contributed by atoms with Crippen LogP contribution in [0.2, 0.25) is 0 Å². The molecule has 0 radical (unpaired) electrons. The standard InChI is InChI=1S/C23H26N2O5/c1-16-9-10-20(17(2)14-16)29-13-11-24-21(26)15-30-23(28)18-6-3-4-7-19(18)25-12-5-8-22(25)27/h3-4,6-7,9-10,14H,5,8,11-13,15H2,1-2H3,(H,24,26). The van der Waals surface area contributed by atoms with Crippen LogP contribution in [-0.2, 0) is 14.3 Å². The molecule has 0 aromatic heterocycles. The first kappa shape index (κ1) is 21.4. The third-order valence-electron chi connectivity index (χ3n) is 4.83. The Morgan fingerprint density at radius 2 is 1.93 bits per heavy atom. The largest absolute Gasteiger partial charge is 0.491 e. The van der Waals surface area contributed by atoms with Crippen LogP contribution in [0.4, 0.5) is 5.69 Å². The Balaban J connectivity index is 1.45. The zero-order valence-corrected chi connectivity index (χ0v) is 17.3. The molecule has 1 heterocycles. The van der Waals surface area contributed by atoms with Gasteiger partial charge in [-0.1, -0.05) is 29.8 Å². The van der Waals surface area contributed by atoms with E-state index in [1.54, 1.807) is 29.2 Å². The third kappa shape index (κ3) is 5.37. The molecule has 1 saturated heterocycles. The highest BCUT2D eigenvalue weighted by atomic mass is 16.5. The number of hydrogen-bond acceptors (Lipinski definition) is 5. The molecule has 1 fully saturated rings. The number of amides is 2. The van der Waals surface area contributed by atoms with E-state index < -0.39 is 18.5 Å². The summed E-state index contributed by atoms with van der Waals surface area (Å²) in [6, 6.07) is 12.7. The number of para-hydroxylation sites is 1. The summed E-state index contributed by atoms with van der Waals surface area (Å²) in [5.74, 6) is -0.291. The maximum Gasteiger partial charge on any atom is 0.340 e. The normalized spacial score (nSPS) is 13.3. The van der Waals surface area contributed by atoms with Gasteiger partial charge in [0, 0.05) is 13.0 Å². The molecule has 2 aromatic carbocycles. The van der Waals surface area contributed by atoms with Gasteiger partial charge >= 0.3 is 5.97 Å². The quantitative estimate of drug-likeness (QED) is 0.534. The predicted molar refractivity (Wildman–Crippen MR) is 113 cm³/mol. The Morgan fingerprint density at radius 3 is 2.67 bits per heavy atom. The molecule has 0 atom stereocenters. The lowest BCUT2D eigenvalue weighted by Crippen LogP contribution is -2.32. The number of nitrogens with zero attached hydrogens (tertiary/aromatic N) is 1. The number of rotatable bonds is 8. The fourth-order valence-corrected chi connectivity index (χ4v) is 3.36. The number of aryl methyl sites for hydroxylation is 2. The predicted octanol–water partition coefficient (Wildman–Crippen LogP) is 2.78. The topological polar surface area (TPSA) is 84.9 Å². The minimum Gasteiger partial charge on any atom is -0.491 e. The summed E-state index contributed by atoms with van der Waals surface area (Å²) in [6.07, 6.45) is 1.23. The monoisotopic (exact) mass is 410 g/mol. The Hall–Kier alpha value is -3.35. The van der Waals surface area contributed by atoms with Crippen molar-refractivity contribution in [1.82, 2.24) is 5.32 Å². The van der Waals surface area contributed by atoms with E-state index in [1.165, 1.54) is 0 Å². The van der Waals surface area contributed by atoms with Crippen molar-refractivity contribution in [3.05, 3.63) is 59.2 Å². The first-order valence-corrected chi connectivity index (χ1v) is 9.99. The molecule has 3 rings (SSSR count). The highest BCUT2D eigenvalue weighted by molar-refractivity contribution is 6.03. The van der Waals surface area contributed by atoms with E-state index in [0.717, 1.165) is 23.3 Å². The van der Waals surface area contributed by atoms with Crippen LogP contribution in [0.25, 0.3) is 0 Å². The average Bonchev–Trinajstić information content (AvgIpc) is 3.16. The second-order valence-electron chi connectivity index (χ2n) is 7.21. The molecular weight excluding hydrogens is 384 g/mol. The minimum absolute atomic E-state index is 0.0168. The minimum atomic E-state index is -0.632. The lowest BCUT2D eigenvalue weighted by molar-refractivity contribution is -0.124. The van der Waals surface area contributed by atoms with Crippen LogP contribution in [0.3, 0.4) is 0 Å². The van der Waals surface area contributed by atoms with E-state index in [0.29, 0.717) is 31.8 Å². The van der Waals surface area contributed by atoms with Gasteiger partial charge < -0.3 is 19.7 Å². The fraction of sp³-hybridized carbons (Fsp3) is 0.348. The molecule has 0 unspecified atom stereocenters. The average molecular weight is 410 g/mol. The van der Waals surface area contributed by atoms with Crippen molar-refractivity contribution in [2.75, 3.05) is 31.2 Å². The van der Waals surface area contributed by atoms with Gasteiger partial charge in [-0.25, -0.2) is 4.79 Å². The number of ether oxygens (including phenoxy) is 2. The van der Waals surface area contributed by atoms with Crippen molar-refractivity contribution in [2.45, 2.75) is 26.7 Å². The molecule has 1 aliphatic heterocycles. The van der Waals surface area contributed by atoms with E-state index in [2.05, 4.69) is 5.32 Å². The number of hydrogen-bond donors (Lipinski definition) is 1. The van der Waals surface area contributed by atoms with Crippen molar-refractivity contribution in [3.8, 4) is 5.75 Å². The smallest absolute Gasteiger partial charge is 0.340 e. The van der Waals surface area contributed by atoms with Gasteiger partial charge in [0.25, 0.3) is 5.91 Å². The molecule has 1 aliphatic rings. The lowest BCUT2D eigenvalue weighted by atomic mass is 10.1. The second-order valence-corrected chi connectivity index (χ2v) is 7.21. The number of benzene rings is 2. The summed E-state index contributed by atoms with van der Waals surface area (Å²) < 4.78 is 10.8. The van der Waals surface area contributed by atoms with Crippen molar-refractivity contribution >= 4 is 23.5 Å². The zero-order chi connectivity index (χ0) is 21.5. The van der Waals surface area contributed by atoms with Crippen molar-refractivity contribution in [2.24, 2.45) is 0 Å². The Kier molecular flexibility index (Phi) is 7.06. The molecule has 30 heavy (non-hydrogen) atoms. The van der Waals surface area contributed by atoms with Crippen molar-refractivity contribution in [3.63, 3.8) is 0 Å². The van der Waals surface area contributed by atoms with Crippen LogP contribution >= 0.6 is 0 Å². The number of carbonyl (C=O) groups excluding carboxylic acids is 3. The number of anilines is 1. The van der Waals surface area contributed by atoms with Gasteiger partial charge in [-0.3, -0.25) is 9.59 Å². The molecular formula is C23H26N2O5. The Bertz CT molecular complexity index is 941. The molecule has 0 bridgehead atoms. The van der Waals surface area contributed by atoms with Gasteiger partial charge in [-0.15, -0.1) is 0 Å². The summed E-state index contributed by atoms with van der Waals surface area (Å²) in [4.78, 5) is 38.0. The summed E-state index contributed by atoms with van der Waals surface area (Å²) in [5, 5.41) is 2.66. The van der Waals surface area contributed by atoms with E-state index >= 15 is 0 Å². The summed E-state index contributed by atoms with van der Waals surface area (Å²) in [6.45, 7) is 4.76. The summed E-state index contributed by atoms with van der Waals surface area (Å²) in [5.41, 5.74) is 2.99. The highest BCUT2D eigenvalue weighted by Gasteiger charge is 2.26. The Morgan fingerprint density at radius 1 is 1.13 bits per heavy atom. The number of nitrogens with one attached hydrogen (secondary N) is 1. The Labute approximate surface area is 176 Å². The summed E-state index contributed by atoms with van der Waals surface area (Å²) >= 11 is 0. The molecule has 158 valence electrons. The van der Waals surface area contributed by atoms with Crippen LogP contribution in [-0.4, -0.2) is 44.1 Å². The zero-order valence-electron chi connectivity index (χ0n) is 17.3. The maximum absolute atomic E-state index is 12.4. The van der Waals surface area contributed by atoms with Gasteiger partial charge in [0.2, 0.25) is 5.91 Å². The van der Waals surface area contributed by atoms with Gasteiger partial charge in [0.1, 0.15) is 12.4 Å². The van der Waals surface area contributed by atoms with Gasteiger partial charge in [-0.2, -0.15) is 0 Å². The third-order valence-corrected chi connectivity index (χ3v) is 4.83.